The number of carbonyl (C=O) groups excluding carboxylic acids is 4. The minimum absolute atomic E-state index is 0.0238. The van der Waals surface area contributed by atoms with Crippen molar-refractivity contribution in [2.75, 3.05) is 19.6 Å². The molecule has 15 heteroatoms. The third-order valence-electron chi connectivity index (χ3n) is 13.7. The number of piperidine rings is 1. The largest absolute Gasteiger partial charge is 0.489 e. The molecule has 0 unspecified atom stereocenters. The first-order chi connectivity index (χ1) is 32.3. The number of aryl methyl sites for hydroxylation is 1. The molecule has 14 nitrogen and oxygen atoms in total. The van der Waals surface area contributed by atoms with Gasteiger partial charge in [-0.15, -0.1) is 0 Å². The summed E-state index contributed by atoms with van der Waals surface area (Å²) in [6, 6.07) is 22.8. The Morgan fingerprint density at radius 3 is 2.19 bits per heavy atom. The second-order valence-corrected chi connectivity index (χ2v) is 20.2. The second-order valence-electron chi connectivity index (χ2n) is 19.8. The molecular formula is C53H58ClN7O7. The number of carbonyl (C=O) groups is 4. The molecule has 3 N–H and O–H groups in total. The summed E-state index contributed by atoms with van der Waals surface area (Å²) in [7, 11) is 0. The molecule has 4 amide bonds. The quantitative estimate of drug-likeness (QED) is 0.122. The van der Waals surface area contributed by atoms with Crippen molar-refractivity contribution in [3.05, 3.63) is 117 Å². The number of hydrogen-bond donors (Lipinski definition) is 3. The molecular weight excluding hydrogens is 882 g/mol. The smallest absolute Gasteiger partial charge is 0.251 e. The number of likely N-dealkylation sites (tertiary alicyclic amines) is 2. The van der Waals surface area contributed by atoms with Gasteiger partial charge in [0.1, 0.15) is 35.6 Å². The lowest BCUT2D eigenvalue weighted by molar-refractivity contribution is -0.164. The molecule has 1 aromatic heterocycles. The highest BCUT2D eigenvalue weighted by molar-refractivity contribution is 6.31. The van der Waals surface area contributed by atoms with Gasteiger partial charge in [0.25, 0.3) is 5.91 Å². The number of nitrogens with zero attached hydrogens (tertiary/aromatic N) is 5. The number of nitrogens with one attached hydrogen (secondary N) is 2. The van der Waals surface area contributed by atoms with Crippen LogP contribution < -0.4 is 15.4 Å². The lowest BCUT2D eigenvalue weighted by Crippen LogP contribution is -2.74. The zero-order valence-electron chi connectivity index (χ0n) is 39.5. The van der Waals surface area contributed by atoms with Gasteiger partial charge in [-0.2, -0.15) is 10.5 Å². The first kappa shape index (κ1) is 49.3. The Hall–Kier alpha value is -6.66. The van der Waals surface area contributed by atoms with E-state index in [-0.39, 0.29) is 61.1 Å². The molecule has 68 heavy (non-hydrogen) atoms. The van der Waals surface area contributed by atoms with Crippen molar-refractivity contribution in [3.8, 4) is 29.7 Å². The van der Waals surface area contributed by atoms with Crippen LogP contribution in [-0.4, -0.2) is 87.6 Å². The van der Waals surface area contributed by atoms with Gasteiger partial charge >= 0.3 is 0 Å². The number of halogens is 1. The van der Waals surface area contributed by atoms with Crippen molar-refractivity contribution in [1.82, 2.24) is 25.6 Å². The number of nitriles is 2. The third kappa shape index (κ3) is 10.6. The monoisotopic (exact) mass is 939 g/mol. The highest BCUT2D eigenvalue weighted by atomic mass is 35.5. The predicted octanol–water partition coefficient (Wildman–Crippen LogP) is 7.23. The number of aliphatic hydroxyl groups excluding tert-OH is 1. The van der Waals surface area contributed by atoms with E-state index in [0.717, 1.165) is 5.56 Å². The van der Waals surface area contributed by atoms with Crippen LogP contribution >= 0.6 is 11.6 Å². The van der Waals surface area contributed by atoms with Crippen LogP contribution in [0.15, 0.2) is 77.3 Å². The topological polar surface area (TPSA) is 202 Å². The summed E-state index contributed by atoms with van der Waals surface area (Å²) in [6.07, 6.45) is 0.149. The van der Waals surface area contributed by atoms with Crippen LogP contribution in [0.3, 0.4) is 0 Å². The van der Waals surface area contributed by atoms with Crippen molar-refractivity contribution in [2.45, 2.75) is 110 Å². The Morgan fingerprint density at radius 1 is 0.941 bits per heavy atom. The molecule has 1 aliphatic carbocycles. The first-order valence-corrected chi connectivity index (χ1v) is 23.5. The average molecular weight is 941 g/mol. The Morgan fingerprint density at radius 2 is 1.60 bits per heavy atom. The van der Waals surface area contributed by atoms with Gasteiger partial charge in [-0.25, -0.2) is 0 Å². The van der Waals surface area contributed by atoms with Crippen LogP contribution in [0.25, 0.3) is 0 Å². The van der Waals surface area contributed by atoms with E-state index < -0.39 is 40.8 Å². The molecule has 3 aromatic carbocycles. The number of hydrogen-bond acceptors (Lipinski definition) is 10. The second kappa shape index (κ2) is 20.3. The fraction of sp³-hybridized carbons (Fsp3) is 0.453. The number of aliphatic hydroxyl groups is 1. The maximum absolute atomic E-state index is 14.1. The zero-order valence-corrected chi connectivity index (χ0v) is 40.3. The number of ether oxygens (including phenoxy) is 1. The van der Waals surface area contributed by atoms with Gasteiger partial charge in [0.2, 0.25) is 17.7 Å². The Kier molecular flexibility index (Phi) is 14.7. The molecule has 0 radical (unpaired) electrons. The summed E-state index contributed by atoms with van der Waals surface area (Å²) >= 11 is 6.25. The number of aromatic nitrogens is 1. The summed E-state index contributed by atoms with van der Waals surface area (Å²) in [4.78, 5) is 58.7. The van der Waals surface area contributed by atoms with Gasteiger partial charge in [-0.1, -0.05) is 82.3 Å². The van der Waals surface area contributed by atoms with E-state index in [0.29, 0.717) is 70.4 Å². The van der Waals surface area contributed by atoms with Gasteiger partial charge in [0.05, 0.1) is 46.5 Å². The lowest BCUT2D eigenvalue weighted by atomic mass is 9.49. The minimum atomic E-state index is -0.980. The van der Waals surface area contributed by atoms with E-state index in [2.05, 4.69) is 67.5 Å². The van der Waals surface area contributed by atoms with Crippen molar-refractivity contribution in [2.24, 2.45) is 22.7 Å². The van der Waals surface area contributed by atoms with E-state index in [9.17, 15) is 34.8 Å². The summed E-state index contributed by atoms with van der Waals surface area (Å²) in [5.74, 6) is 5.52. The molecule has 3 heterocycles. The van der Waals surface area contributed by atoms with Crippen LogP contribution in [0, 0.1) is 64.1 Å². The summed E-state index contributed by atoms with van der Waals surface area (Å²) < 4.78 is 11.8. The molecule has 2 saturated heterocycles. The maximum Gasteiger partial charge on any atom is 0.251 e. The van der Waals surface area contributed by atoms with Gasteiger partial charge in [-0.3, -0.25) is 19.2 Å². The van der Waals surface area contributed by atoms with Gasteiger partial charge in [0.15, 0.2) is 0 Å². The minimum Gasteiger partial charge on any atom is -0.489 e. The number of β-amino-alcohol motifs (C(OH)–C–C–N with tert-alkyl or cyclic N) is 1. The fourth-order valence-electron chi connectivity index (χ4n) is 10.3. The first-order valence-electron chi connectivity index (χ1n) is 23.1. The van der Waals surface area contributed by atoms with E-state index in [1.165, 1.54) is 4.90 Å². The molecule has 4 atom stereocenters. The lowest BCUT2D eigenvalue weighted by Gasteiger charge is -2.63. The van der Waals surface area contributed by atoms with Gasteiger partial charge in [0, 0.05) is 72.1 Å². The van der Waals surface area contributed by atoms with Gasteiger partial charge in [-0.05, 0) is 79.8 Å². The molecule has 0 spiro atoms. The molecule has 3 fully saturated rings. The normalized spacial score (nSPS) is 21.5. The molecule has 4 aromatic rings. The highest BCUT2D eigenvalue weighted by Gasteiger charge is 2.64. The number of benzene rings is 3. The van der Waals surface area contributed by atoms with Crippen molar-refractivity contribution < 1.29 is 33.5 Å². The fourth-order valence-corrected chi connectivity index (χ4v) is 10.6. The standard InChI is InChI=1S/C53H58ClN7O7/c1-31(2)46(44-24-32(3)59-68-44)49(66)61-30-39(62)25-43(61)48(65)57-42(36-14-12-35(28-55)13-15-36)27-45(63)60-22-20-34(21-23-60)9-8-33-10-16-37(17-11-33)47(64)58-50-52(4,5)51(53(50,6)7)67-40-19-18-38(29-56)41(54)26-40/h10-19,24,26,31,34,39,42-43,46,50-51,62H,20-23,25,27,30H2,1-7H3,(H,57,65)(H,58,64)/t39-,42+,43+,46-,50?,51?/m1/s1. The summed E-state index contributed by atoms with van der Waals surface area (Å²) in [5, 5.41) is 39.9. The van der Waals surface area contributed by atoms with Gasteiger partial charge < -0.3 is 34.8 Å². The van der Waals surface area contributed by atoms with E-state index in [1.807, 2.05) is 26.0 Å². The number of amides is 4. The molecule has 354 valence electrons. The highest BCUT2D eigenvalue weighted by Crippen LogP contribution is 2.55. The summed E-state index contributed by atoms with van der Waals surface area (Å²) in [6.45, 7) is 14.7. The maximum atomic E-state index is 14.1. The molecule has 3 aliphatic rings. The van der Waals surface area contributed by atoms with Crippen LogP contribution in [-0.2, 0) is 14.4 Å². The van der Waals surface area contributed by atoms with E-state index in [4.69, 9.17) is 20.9 Å². The predicted molar refractivity (Wildman–Crippen MR) is 254 cm³/mol. The molecule has 7 rings (SSSR count). The molecule has 2 aliphatic heterocycles. The zero-order chi connectivity index (χ0) is 49.1. The SMILES string of the molecule is Cc1cc([C@H](C(=O)N2C[C@H](O)C[C@H]2C(=O)N[C@@H](CC(=O)N2CCC(C#Cc3ccc(C(=O)NC4C(C)(C)C(Oc5ccc(C#N)c(Cl)c5)C4(C)C)cc3)CC2)c2ccc(C#N)cc2)C(C)C)on1. The van der Waals surface area contributed by atoms with Crippen LogP contribution in [0.5, 0.6) is 5.75 Å². The van der Waals surface area contributed by atoms with E-state index in [1.54, 1.807) is 72.5 Å². The van der Waals surface area contributed by atoms with Crippen LogP contribution in [0.1, 0.15) is 123 Å². The Balaban J connectivity index is 0.939. The van der Waals surface area contributed by atoms with Crippen molar-refractivity contribution in [1.29, 1.82) is 10.5 Å². The Labute approximate surface area is 402 Å². The van der Waals surface area contributed by atoms with Crippen molar-refractivity contribution in [3.63, 3.8) is 0 Å². The van der Waals surface area contributed by atoms with Crippen molar-refractivity contribution >= 4 is 35.2 Å². The Bertz CT molecular complexity index is 2660. The van der Waals surface area contributed by atoms with E-state index >= 15 is 0 Å². The number of rotatable bonds is 12. The average Bonchev–Trinajstić information content (AvgIpc) is 3.93. The molecule has 0 bridgehead atoms. The van der Waals surface area contributed by atoms with Crippen LogP contribution in [0.4, 0.5) is 0 Å². The molecule has 1 saturated carbocycles. The summed E-state index contributed by atoms with van der Waals surface area (Å²) in [5.41, 5.74) is 2.53. The third-order valence-corrected chi connectivity index (χ3v) is 14.0. The van der Waals surface area contributed by atoms with Crippen LogP contribution in [0.2, 0.25) is 5.02 Å².